The maximum absolute atomic E-state index is 11.6. The predicted octanol–water partition coefficient (Wildman–Crippen LogP) is 0.254. The van der Waals surface area contributed by atoms with Gasteiger partial charge in [-0.2, -0.15) is 0 Å². The van der Waals surface area contributed by atoms with E-state index in [4.69, 9.17) is 0 Å². The number of hydrogen-bond acceptors (Lipinski definition) is 4. The van der Waals surface area contributed by atoms with Crippen molar-refractivity contribution in [3.05, 3.63) is 29.8 Å². The van der Waals surface area contributed by atoms with Crippen LogP contribution >= 0.6 is 12.6 Å². The lowest BCUT2D eigenvalue weighted by atomic mass is 10.2. The van der Waals surface area contributed by atoms with Crippen LogP contribution in [0.4, 0.5) is 0 Å². The fourth-order valence-electron chi connectivity index (χ4n) is 1.16. The molecule has 0 aliphatic rings. The van der Waals surface area contributed by atoms with Crippen molar-refractivity contribution in [3.63, 3.8) is 0 Å². The summed E-state index contributed by atoms with van der Waals surface area (Å²) in [6.07, 6.45) is 1.07. The zero-order chi connectivity index (χ0) is 12.9. The lowest BCUT2D eigenvalue weighted by Gasteiger charge is -2.06. The second kappa shape index (κ2) is 6.04. The summed E-state index contributed by atoms with van der Waals surface area (Å²) in [5, 5.41) is 2.60. The van der Waals surface area contributed by atoms with Gasteiger partial charge in [-0.15, -0.1) is 12.6 Å². The maximum atomic E-state index is 11.6. The van der Waals surface area contributed by atoms with Gasteiger partial charge in [0, 0.05) is 23.5 Å². The molecule has 5 nitrogen and oxygen atoms in total. The molecule has 94 valence electrons. The highest BCUT2D eigenvalue weighted by Crippen LogP contribution is 2.08. The fourth-order valence-corrected chi connectivity index (χ4v) is 1.86. The average molecular weight is 274 g/mol. The topological polar surface area (TPSA) is 75.3 Å². The van der Waals surface area contributed by atoms with Gasteiger partial charge in [0.15, 0.2) is 0 Å². The average Bonchev–Trinajstić information content (AvgIpc) is 2.23. The second-order valence-electron chi connectivity index (χ2n) is 3.47. The zero-order valence-corrected chi connectivity index (χ0v) is 11.0. The van der Waals surface area contributed by atoms with E-state index in [0.29, 0.717) is 10.5 Å². The van der Waals surface area contributed by atoms with Gasteiger partial charge in [-0.05, 0) is 18.2 Å². The van der Waals surface area contributed by atoms with Crippen molar-refractivity contribution >= 4 is 28.6 Å². The Bertz CT molecular complexity index is 500. The molecule has 0 spiro atoms. The van der Waals surface area contributed by atoms with E-state index >= 15 is 0 Å². The molecule has 1 amide bonds. The quantitative estimate of drug-likeness (QED) is 0.532. The van der Waals surface area contributed by atoms with E-state index in [2.05, 4.69) is 22.7 Å². The molecule has 0 bridgehead atoms. The Balaban J connectivity index is 2.41. The molecule has 0 aliphatic heterocycles. The molecule has 0 unspecified atom stereocenters. The van der Waals surface area contributed by atoms with Crippen LogP contribution in [-0.2, 0) is 10.0 Å². The number of thiol groups is 1. The molecule has 0 aliphatic carbocycles. The molecule has 0 saturated carbocycles. The summed E-state index contributed by atoms with van der Waals surface area (Å²) in [5.41, 5.74) is 0.497. The Hall–Kier alpha value is -1.05. The van der Waals surface area contributed by atoms with Gasteiger partial charge in [-0.1, -0.05) is 6.07 Å². The van der Waals surface area contributed by atoms with Crippen molar-refractivity contribution in [1.29, 1.82) is 0 Å². The molecule has 0 aromatic heterocycles. The second-order valence-corrected chi connectivity index (χ2v) is 5.82. The van der Waals surface area contributed by atoms with Crippen LogP contribution in [0.3, 0.4) is 0 Å². The van der Waals surface area contributed by atoms with Crippen LogP contribution in [-0.4, -0.2) is 33.7 Å². The molecule has 2 N–H and O–H groups in total. The third-order valence-corrected chi connectivity index (χ3v) is 2.89. The van der Waals surface area contributed by atoms with Crippen LogP contribution < -0.4 is 10.0 Å². The van der Waals surface area contributed by atoms with Crippen LogP contribution in [0.1, 0.15) is 10.4 Å². The van der Waals surface area contributed by atoms with Gasteiger partial charge < -0.3 is 5.32 Å². The molecule has 1 aromatic carbocycles. The Morgan fingerprint density at radius 2 is 2.06 bits per heavy atom. The van der Waals surface area contributed by atoms with E-state index in [0.717, 1.165) is 6.26 Å². The van der Waals surface area contributed by atoms with Gasteiger partial charge in [0.05, 0.1) is 6.26 Å². The van der Waals surface area contributed by atoms with Crippen molar-refractivity contribution in [2.24, 2.45) is 0 Å². The largest absolute Gasteiger partial charge is 0.351 e. The van der Waals surface area contributed by atoms with Crippen LogP contribution in [0.25, 0.3) is 0 Å². The number of hydrogen-bond donors (Lipinski definition) is 3. The molecule has 1 rings (SSSR count). The fraction of sp³-hybridized carbons (Fsp3) is 0.300. The highest BCUT2D eigenvalue weighted by molar-refractivity contribution is 7.88. The van der Waals surface area contributed by atoms with Gasteiger partial charge in [0.2, 0.25) is 10.0 Å². The first-order chi connectivity index (χ1) is 7.88. The summed E-state index contributed by atoms with van der Waals surface area (Å²) in [5.74, 6) is -0.254. The highest BCUT2D eigenvalue weighted by Gasteiger charge is 2.05. The molecule has 0 atom stereocenters. The van der Waals surface area contributed by atoms with Gasteiger partial charge >= 0.3 is 0 Å². The summed E-state index contributed by atoms with van der Waals surface area (Å²) in [4.78, 5) is 12.3. The summed E-state index contributed by atoms with van der Waals surface area (Å²) < 4.78 is 23.8. The van der Waals surface area contributed by atoms with Crippen LogP contribution in [0, 0.1) is 0 Å². The number of sulfonamides is 1. The number of benzene rings is 1. The number of rotatable bonds is 5. The Labute approximate surface area is 106 Å². The Morgan fingerprint density at radius 3 is 2.65 bits per heavy atom. The van der Waals surface area contributed by atoms with Crippen molar-refractivity contribution in [2.75, 3.05) is 19.3 Å². The lowest BCUT2D eigenvalue weighted by molar-refractivity contribution is 0.0954. The Kier molecular flexibility index (Phi) is 4.98. The van der Waals surface area contributed by atoms with E-state index < -0.39 is 10.0 Å². The van der Waals surface area contributed by atoms with Gasteiger partial charge in [0.25, 0.3) is 5.91 Å². The number of carbonyl (C=O) groups is 1. The summed E-state index contributed by atoms with van der Waals surface area (Å²) in [6.45, 7) is 0.411. The van der Waals surface area contributed by atoms with E-state index in [9.17, 15) is 13.2 Å². The number of carbonyl (C=O) groups excluding carboxylic acids is 1. The molecular weight excluding hydrogens is 260 g/mol. The van der Waals surface area contributed by atoms with Crippen molar-refractivity contribution in [3.8, 4) is 0 Å². The highest BCUT2D eigenvalue weighted by atomic mass is 32.2. The number of nitrogens with one attached hydrogen (secondary N) is 2. The third-order valence-electron chi connectivity index (χ3n) is 1.88. The summed E-state index contributed by atoms with van der Waals surface area (Å²) in [6, 6.07) is 6.80. The lowest BCUT2D eigenvalue weighted by Crippen LogP contribution is -2.34. The van der Waals surface area contributed by atoms with E-state index in [1.54, 1.807) is 24.3 Å². The van der Waals surface area contributed by atoms with E-state index in [-0.39, 0.29) is 19.0 Å². The molecule has 0 heterocycles. The molecular formula is C10H14N2O3S2. The monoisotopic (exact) mass is 274 g/mol. The summed E-state index contributed by atoms with van der Waals surface area (Å²) in [7, 11) is -3.21. The minimum atomic E-state index is -3.21. The molecule has 17 heavy (non-hydrogen) atoms. The zero-order valence-electron chi connectivity index (χ0n) is 9.30. The SMILES string of the molecule is CS(=O)(=O)NCCNC(=O)c1cccc(S)c1. The summed E-state index contributed by atoms with van der Waals surface area (Å²) >= 11 is 4.12. The minimum absolute atomic E-state index is 0.172. The van der Waals surface area contributed by atoms with Crippen LogP contribution in [0.5, 0.6) is 0 Å². The first kappa shape index (κ1) is 14.0. The van der Waals surface area contributed by atoms with Crippen molar-refractivity contribution in [1.82, 2.24) is 10.0 Å². The molecule has 1 aromatic rings. The van der Waals surface area contributed by atoms with Gasteiger partial charge in [-0.3, -0.25) is 4.79 Å². The van der Waals surface area contributed by atoms with E-state index in [1.165, 1.54) is 0 Å². The molecule has 7 heteroatoms. The molecule has 0 saturated heterocycles. The smallest absolute Gasteiger partial charge is 0.251 e. The first-order valence-corrected chi connectivity index (χ1v) is 7.24. The van der Waals surface area contributed by atoms with Gasteiger partial charge in [-0.25, -0.2) is 13.1 Å². The van der Waals surface area contributed by atoms with Crippen LogP contribution in [0.2, 0.25) is 0 Å². The normalized spacial score (nSPS) is 11.2. The molecule has 0 fully saturated rings. The van der Waals surface area contributed by atoms with Crippen molar-refractivity contribution in [2.45, 2.75) is 4.90 Å². The van der Waals surface area contributed by atoms with Gasteiger partial charge in [0.1, 0.15) is 0 Å². The Morgan fingerprint density at radius 1 is 1.35 bits per heavy atom. The molecule has 0 radical (unpaired) electrons. The standard InChI is InChI=1S/C10H14N2O3S2/c1-17(14,15)12-6-5-11-10(13)8-3-2-4-9(16)7-8/h2-4,7,12,16H,5-6H2,1H3,(H,11,13). The van der Waals surface area contributed by atoms with E-state index in [1.807, 2.05) is 0 Å². The maximum Gasteiger partial charge on any atom is 0.251 e. The first-order valence-electron chi connectivity index (χ1n) is 4.90. The van der Waals surface area contributed by atoms with Crippen molar-refractivity contribution < 1.29 is 13.2 Å². The third kappa shape index (κ3) is 5.71. The predicted molar refractivity (Wildman–Crippen MR) is 68.9 cm³/mol. The number of amides is 1. The minimum Gasteiger partial charge on any atom is -0.351 e. The van der Waals surface area contributed by atoms with Crippen LogP contribution in [0.15, 0.2) is 29.2 Å².